The van der Waals surface area contributed by atoms with Crippen LogP contribution >= 0.6 is 0 Å². The summed E-state index contributed by atoms with van der Waals surface area (Å²) in [5, 5.41) is 19.4. The number of nitro benzene ring substituents is 1. The SMILES string of the molecule is C[C@H](CO)N(CC(F)(F)F)c1ccc([N+](=O)[O-])cc1F. The monoisotopic (exact) mass is 296 g/mol. The van der Waals surface area contributed by atoms with Crippen molar-refractivity contribution in [3.8, 4) is 0 Å². The summed E-state index contributed by atoms with van der Waals surface area (Å²) >= 11 is 0. The number of hydrogen-bond acceptors (Lipinski definition) is 4. The van der Waals surface area contributed by atoms with Crippen molar-refractivity contribution in [2.75, 3.05) is 18.1 Å². The molecule has 1 atom stereocenters. The second kappa shape index (κ2) is 6.04. The van der Waals surface area contributed by atoms with Crippen LogP contribution in [0.4, 0.5) is 28.9 Å². The standard InChI is InChI=1S/C11H12F4N2O3/c1-7(5-18)16(6-11(13,14)15)10-3-2-8(17(19)20)4-9(10)12/h2-4,7,18H,5-6H2,1H3/t7-/m1/s1. The molecule has 0 aromatic heterocycles. The Labute approximate surface area is 111 Å². The summed E-state index contributed by atoms with van der Waals surface area (Å²) in [6, 6.07) is 1.35. The maximum atomic E-state index is 13.7. The molecule has 5 nitrogen and oxygen atoms in total. The van der Waals surface area contributed by atoms with E-state index in [1.807, 2.05) is 0 Å². The minimum atomic E-state index is -4.60. The van der Waals surface area contributed by atoms with Gasteiger partial charge in [-0.15, -0.1) is 0 Å². The number of aliphatic hydroxyl groups is 1. The smallest absolute Gasteiger partial charge is 0.394 e. The van der Waals surface area contributed by atoms with Gasteiger partial charge >= 0.3 is 6.18 Å². The van der Waals surface area contributed by atoms with Crippen LogP contribution < -0.4 is 4.90 Å². The highest BCUT2D eigenvalue weighted by molar-refractivity contribution is 5.53. The molecule has 0 heterocycles. The van der Waals surface area contributed by atoms with Crippen molar-refractivity contribution < 1.29 is 27.6 Å². The van der Waals surface area contributed by atoms with Gasteiger partial charge in [-0.25, -0.2) is 4.39 Å². The minimum Gasteiger partial charge on any atom is -0.394 e. The Kier molecular flexibility index (Phi) is 4.88. The second-order valence-corrected chi connectivity index (χ2v) is 4.17. The predicted octanol–water partition coefficient (Wildman–Crippen LogP) is 2.48. The fourth-order valence-corrected chi connectivity index (χ4v) is 1.61. The molecule has 112 valence electrons. The van der Waals surface area contributed by atoms with E-state index in [9.17, 15) is 27.7 Å². The molecular weight excluding hydrogens is 284 g/mol. The van der Waals surface area contributed by atoms with Crippen LogP contribution in [-0.2, 0) is 0 Å². The number of non-ortho nitro benzene ring substituents is 1. The second-order valence-electron chi connectivity index (χ2n) is 4.17. The highest BCUT2D eigenvalue weighted by atomic mass is 19.4. The van der Waals surface area contributed by atoms with Gasteiger partial charge in [0.05, 0.1) is 23.3 Å². The van der Waals surface area contributed by atoms with E-state index < -0.39 is 47.5 Å². The number of nitrogens with zero attached hydrogens (tertiary/aromatic N) is 2. The highest BCUT2D eigenvalue weighted by Gasteiger charge is 2.34. The fourth-order valence-electron chi connectivity index (χ4n) is 1.61. The maximum absolute atomic E-state index is 13.7. The van der Waals surface area contributed by atoms with E-state index in [2.05, 4.69) is 0 Å². The van der Waals surface area contributed by atoms with Gasteiger partial charge < -0.3 is 10.0 Å². The molecule has 0 unspecified atom stereocenters. The van der Waals surface area contributed by atoms with Crippen LogP contribution in [0, 0.1) is 15.9 Å². The molecule has 9 heteroatoms. The van der Waals surface area contributed by atoms with Gasteiger partial charge in [0.15, 0.2) is 5.82 Å². The predicted molar refractivity (Wildman–Crippen MR) is 63.0 cm³/mol. The normalized spacial score (nSPS) is 13.1. The average Bonchev–Trinajstić information content (AvgIpc) is 2.34. The average molecular weight is 296 g/mol. The molecule has 0 fully saturated rings. The number of aliphatic hydroxyl groups excluding tert-OH is 1. The van der Waals surface area contributed by atoms with Crippen molar-refractivity contribution in [1.29, 1.82) is 0 Å². The van der Waals surface area contributed by atoms with Crippen molar-refractivity contribution in [3.63, 3.8) is 0 Å². The van der Waals surface area contributed by atoms with E-state index in [1.54, 1.807) is 0 Å². The van der Waals surface area contributed by atoms with E-state index in [1.165, 1.54) is 6.92 Å². The van der Waals surface area contributed by atoms with Crippen molar-refractivity contribution >= 4 is 11.4 Å². The highest BCUT2D eigenvalue weighted by Crippen LogP contribution is 2.28. The third kappa shape index (κ3) is 4.05. The molecule has 0 radical (unpaired) electrons. The van der Waals surface area contributed by atoms with Gasteiger partial charge in [-0.05, 0) is 13.0 Å². The van der Waals surface area contributed by atoms with Crippen LogP contribution in [0.25, 0.3) is 0 Å². The molecule has 0 bridgehead atoms. The minimum absolute atomic E-state index is 0.450. The summed E-state index contributed by atoms with van der Waals surface area (Å²) < 4.78 is 51.2. The quantitative estimate of drug-likeness (QED) is 0.515. The molecule has 0 amide bonds. The van der Waals surface area contributed by atoms with Gasteiger partial charge in [0.1, 0.15) is 6.54 Å². The first-order valence-electron chi connectivity index (χ1n) is 5.54. The van der Waals surface area contributed by atoms with Crippen LogP contribution in [0.15, 0.2) is 18.2 Å². The lowest BCUT2D eigenvalue weighted by Crippen LogP contribution is -2.42. The molecule has 1 aromatic rings. The zero-order valence-corrected chi connectivity index (χ0v) is 10.4. The van der Waals surface area contributed by atoms with Crippen LogP contribution in [-0.4, -0.2) is 35.4 Å². The molecule has 0 saturated carbocycles. The van der Waals surface area contributed by atoms with E-state index in [-0.39, 0.29) is 0 Å². The first kappa shape index (κ1) is 16.2. The van der Waals surface area contributed by atoms with Crippen LogP contribution in [0.1, 0.15) is 6.92 Å². The van der Waals surface area contributed by atoms with Crippen molar-refractivity contribution in [3.05, 3.63) is 34.1 Å². The van der Waals surface area contributed by atoms with Crippen molar-refractivity contribution in [2.45, 2.75) is 19.1 Å². The van der Waals surface area contributed by atoms with E-state index >= 15 is 0 Å². The first-order chi connectivity index (χ1) is 9.15. The summed E-state index contributed by atoms with van der Waals surface area (Å²) in [6.07, 6.45) is -4.60. The summed E-state index contributed by atoms with van der Waals surface area (Å²) in [5.74, 6) is -1.15. The van der Waals surface area contributed by atoms with Crippen LogP contribution in [0.2, 0.25) is 0 Å². The number of alkyl halides is 3. The number of hydrogen-bond donors (Lipinski definition) is 1. The third-order valence-corrected chi connectivity index (χ3v) is 2.60. The molecule has 1 N–H and O–H groups in total. The topological polar surface area (TPSA) is 66.6 Å². The number of anilines is 1. The molecule has 1 aromatic carbocycles. The van der Waals surface area contributed by atoms with Gasteiger partial charge in [0, 0.05) is 12.1 Å². The first-order valence-corrected chi connectivity index (χ1v) is 5.54. The summed E-state index contributed by atoms with van der Waals surface area (Å²) in [7, 11) is 0. The summed E-state index contributed by atoms with van der Waals surface area (Å²) in [6.45, 7) is -0.803. The summed E-state index contributed by atoms with van der Waals surface area (Å²) in [5.41, 5.74) is -1.01. The number of halogens is 4. The fraction of sp³-hybridized carbons (Fsp3) is 0.455. The third-order valence-electron chi connectivity index (χ3n) is 2.60. The number of benzene rings is 1. The van der Waals surface area contributed by atoms with Crippen molar-refractivity contribution in [2.24, 2.45) is 0 Å². The molecular formula is C11H12F4N2O3. The number of nitro groups is 1. The lowest BCUT2D eigenvalue weighted by atomic mass is 10.2. The molecule has 20 heavy (non-hydrogen) atoms. The largest absolute Gasteiger partial charge is 0.405 e. The Morgan fingerprint density at radius 2 is 2.05 bits per heavy atom. The molecule has 1 rings (SSSR count). The summed E-state index contributed by atoms with van der Waals surface area (Å²) in [4.78, 5) is 10.2. The molecule has 0 saturated heterocycles. The van der Waals surface area contributed by atoms with E-state index in [0.29, 0.717) is 11.0 Å². The molecule has 0 spiro atoms. The molecule has 0 aliphatic heterocycles. The zero-order chi connectivity index (χ0) is 15.5. The molecule has 0 aliphatic rings. The number of rotatable bonds is 5. The van der Waals surface area contributed by atoms with Gasteiger partial charge in [-0.1, -0.05) is 0 Å². The van der Waals surface area contributed by atoms with Gasteiger partial charge in [-0.2, -0.15) is 13.2 Å². The van der Waals surface area contributed by atoms with E-state index in [0.717, 1.165) is 12.1 Å². The van der Waals surface area contributed by atoms with Crippen LogP contribution in [0.5, 0.6) is 0 Å². The van der Waals surface area contributed by atoms with Gasteiger partial charge in [0.25, 0.3) is 5.69 Å². The molecule has 0 aliphatic carbocycles. The van der Waals surface area contributed by atoms with E-state index in [4.69, 9.17) is 5.11 Å². The van der Waals surface area contributed by atoms with Crippen molar-refractivity contribution in [1.82, 2.24) is 0 Å². The Balaban J connectivity index is 3.17. The Morgan fingerprint density at radius 1 is 1.45 bits per heavy atom. The lowest BCUT2D eigenvalue weighted by molar-refractivity contribution is -0.385. The van der Waals surface area contributed by atoms with Gasteiger partial charge in [0.2, 0.25) is 0 Å². The Bertz CT molecular complexity index is 493. The maximum Gasteiger partial charge on any atom is 0.405 e. The zero-order valence-electron chi connectivity index (χ0n) is 10.4. The lowest BCUT2D eigenvalue weighted by Gasteiger charge is -2.31. The van der Waals surface area contributed by atoms with Gasteiger partial charge in [-0.3, -0.25) is 10.1 Å². The van der Waals surface area contributed by atoms with Crippen LogP contribution in [0.3, 0.4) is 0 Å². The Hall–Kier alpha value is -1.90. The Morgan fingerprint density at radius 3 is 2.45 bits per heavy atom.